The Morgan fingerprint density at radius 1 is 1.07 bits per heavy atom. The van der Waals surface area contributed by atoms with E-state index < -0.39 is 10.0 Å². The van der Waals surface area contributed by atoms with E-state index in [-0.39, 0.29) is 23.9 Å². The molecule has 2 aromatic carbocycles. The molecule has 0 radical (unpaired) electrons. The predicted molar refractivity (Wildman–Crippen MR) is 109 cm³/mol. The van der Waals surface area contributed by atoms with Crippen LogP contribution in [0.25, 0.3) is 6.08 Å². The molecule has 150 valence electrons. The van der Waals surface area contributed by atoms with E-state index in [4.69, 9.17) is 10.00 Å². The van der Waals surface area contributed by atoms with Crippen molar-refractivity contribution in [3.63, 3.8) is 0 Å². The van der Waals surface area contributed by atoms with Gasteiger partial charge in [-0.15, -0.1) is 0 Å². The average Bonchev–Trinajstić information content (AvgIpc) is 2.77. The largest absolute Gasteiger partial charge is 0.496 e. The Morgan fingerprint density at radius 2 is 1.72 bits per heavy atom. The van der Waals surface area contributed by atoms with Crippen LogP contribution in [0.1, 0.15) is 11.1 Å². The molecular formula is C21H21N3O4S. The Morgan fingerprint density at radius 3 is 2.34 bits per heavy atom. The number of nitrogens with zero attached hydrogens (tertiary/aromatic N) is 3. The van der Waals surface area contributed by atoms with Crippen LogP contribution in [0.5, 0.6) is 5.75 Å². The van der Waals surface area contributed by atoms with E-state index in [0.717, 1.165) is 5.56 Å². The van der Waals surface area contributed by atoms with Crippen LogP contribution in [-0.2, 0) is 14.8 Å². The first-order valence-electron chi connectivity index (χ1n) is 9.06. The fourth-order valence-corrected chi connectivity index (χ4v) is 4.49. The predicted octanol–water partition coefficient (Wildman–Crippen LogP) is 2.11. The standard InChI is InChI=1S/C21H21N3O4S/c1-28-20-5-3-2-4-18(20)8-11-21(25)23-12-14-24(15-13-23)29(26,27)19-9-6-17(16-22)7-10-19/h2-11H,12-15H2,1H3/b11-8+. The molecule has 2 aromatic rings. The summed E-state index contributed by atoms with van der Waals surface area (Å²) in [5, 5.41) is 8.85. The quantitative estimate of drug-likeness (QED) is 0.703. The lowest BCUT2D eigenvalue weighted by molar-refractivity contribution is -0.127. The van der Waals surface area contributed by atoms with Gasteiger partial charge in [-0.1, -0.05) is 18.2 Å². The van der Waals surface area contributed by atoms with Crippen molar-refractivity contribution in [3.05, 3.63) is 65.7 Å². The first-order chi connectivity index (χ1) is 14.0. The molecule has 1 saturated heterocycles. The fourth-order valence-electron chi connectivity index (χ4n) is 3.07. The van der Waals surface area contributed by atoms with Crippen molar-refractivity contribution in [3.8, 4) is 11.8 Å². The smallest absolute Gasteiger partial charge is 0.246 e. The van der Waals surface area contributed by atoms with Crippen LogP contribution in [-0.4, -0.2) is 56.8 Å². The highest BCUT2D eigenvalue weighted by molar-refractivity contribution is 7.89. The number of hydrogen-bond acceptors (Lipinski definition) is 5. The number of rotatable bonds is 5. The summed E-state index contributed by atoms with van der Waals surface area (Å²) in [4.78, 5) is 14.2. The maximum Gasteiger partial charge on any atom is 0.246 e. The number of carbonyl (C=O) groups is 1. The van der Waals surface area contributed by atoms with Crippen molar-refractivity contribution in [2.75, 3.05) is 33.3 Å². The monoisotopic (exact) mass is 411 g/mol. The number of ether oxygens (including phenoxy) is 1. The number of piperazine rings is 1. The summed E-state index contributed by atoms with van der Waals surface area (Å²) in [7, 11) is -2.08. The lowest BCUT2D eigenvalue weighted by Crippen LogP contribution is -2.50. The van der Waals surface area contributed by atoms with Crippen LogP contribution >= 0.6 is 0 Å². The summed E-state index contributed by atoms with van der Waals surface area (Å²) >= 11 is 0. The summed E-state index contributed by atoms with van der Waals surface area (Å²) < 4.78 is 32.1. The summed E-state index contributed by atoms with van der Waals surface area (Å²) in [5.74, 6) is 0.501. The second-order valence-corrected chi connectivity index (χ2v) is 8.38. The highest BCUT2D eigenvalue weighted by atomic mass is 32.2. The van der Waals surface area contributed by atoms with Crippen molar-refractivity contribution in [1.29, 1.82) is 5.26 Å². The molecule has 0 saturated carbocycles. The molecule has 1 amide bonds. The number of nitriles is 1. The highest BCUT2D eigenvalue weighted by Crippen LogP contribution is 2.20. The Labute approximate surface area is 170 Å². The second kappa shape index (κ2) is 8.90. The van der Waals surface area contributed by atoms with E-state index in [1.54, 1.807) is 18.1 Å². The van der Waals surface area contributed by atoms with Gasteiger partial charge in [0.25, 0.3) is 0 Å². The zero-order valence-corrected chi connectivity index (χ0v) is 16.8. The zero-order chi connectivity index (χ0) is 20.9. The molecule has 1 aliphatic rings. The molecule has 3 rings (SSSR count). The molecular weight excluding hydrogens is 390 g/mol. The number of para-hydroxylation sites is 1. The molecule has 7 nitrogen and oxygen atoms in total. The number of methoxy groups -OCH3 is 1. The fraction of sp³-hybridized carbons (Fsp3) is 0.238. The number of amides is 1. The summed E-state index contributed by atoms with van der Waals surface area (Å²) in [6.45, 7) is 1.06. The van der Waals surface area contributed by atoms with Crippen molar-refractivity contribution < 1.29 is 17.9 Å². The lowest BCUT2D eigenvalue weighted by atomic mass is 10.2. The highest BCUT2D eigenvalue weighted by Gasteiger charge is 2.29. The minimum Gasteiger partial charge on any atom is -0.496 e. The molecule has 1 heterocycles. The zero-order valence-electron chi connectivity index (χ0n) is 16.0. The first-order valence-corrected chi connectivity index (χ1v) is 10.5. The van der Waals surface area contributed by atoms with E-state index >= 15 is 0 Å². The van der Waals surface area contributed by atoms with Gasteiger partial charge in [-0.25, -0.2) is 8.42 Å². The number of hydrogen-bond donors (Lipinski definition) is 0. The Hall–Kier alpha value is -3.15. The molecule has 29 heavy (non-hydrogen) atoms. The first kappa shape index (κ1) is 20.6. The minimum absolute atomic E-state index is 0.146. The van der Waals surface area contributed by atoms with Crippen molar-refractivity contribution in [2.24, 2.45) is 0 Å². The Kier molecular flexibility index (Phi) is 6.32. The van der Waals surface area contributed by atoms with Crippen molar-refractivity contribution in [2.45, 2.75) is 4.90 Å². The normalized spacial score (nSPS) is 15.2. The van der Waals surface area contributed by atoms with Gasteiger partial charge in [0.15, 0.2) is 0 Å². The van der Waals surface area contributed by atoms with Crippen LogP contribution < -0.4 is 4.74 Å². The van der Waals surface area contributed by atoms with Crippen molar-refractivity contribution >= 4 is 22.0 Å². The van der Waals surface area contributed by atoms with Crippen LogP contribution in [0, 0.1) is 11.3 Å². The van der Waals surface area contributed by atoms with Gasteiger partial charge in [-0.2, -0.15) is 9.57 Å². The van der Waals surface area contributed by atoms with Gasteiger partial charge in [-0.3, -0.25) is 4.79 Å². The number of sulfonamides is 1. The molecule has 0 spiro atoms. The summed E-state index contributed by atoms with van der Waals surface area (Å²) in [5.41, 5.74) is 1.20. The van der Waals surface area contributed by atoms with Gasteiger partial charge in [0, 0.05) is 37.8 Å². The van der Waals surface area contributed by atoms with Crippen LogP contribution in [0.3, 0.4) is 0 Å². The van der Waals surface area contributed by atoms with E-state index in [2.05, 4.69) is 0 Å². The van der Waals surface area contributed by atoms with Gasteiger partial charge in [0.1, 0.15) is 5.75 Å². The Balaban J connectivity index is 1.63. The van der Waals surface area contributed by atoms with E-state index in [9.17, 15) is 13.2 Å². The molecule has 0 N–H and O–H groups in total. The van der Waals surface area contributed by atoms with Gasteiger partial charge in [0.2, 0.25) is 15.9 Å². The molecule has 0 atom stereocenters. The summed E-state index contributed by atoms with van der Waals surface area (Å²) in [6.07, 6.45) is 3.17. The molecule has 0 aromatic heterocycles. The number of benzene rings is 2. The van der Waals surface area contributed by atoms with Gasteiger partial charge in [0.05, 0.1) is 23.6 Å². The van der Waals surface area contributed by atoms with Gasteiger partial charge in [-0.05, 0) is 36.4 Å². The summed E-state index contributed by atoms with van der Waals surface area (Å²) in [6, 6.07) is 15.2. The SMILES string of the molecule is COc1ccccc1/C=C/C(=O)N1CCN(S(=O)(=O)c2ccc(C#N)cc2)CC1. The van der Waals surface area contributed by atoms with E-state index in [1.807, 2.05) is 30.3 Å². The van der Waals surface area contributed by atoms with E-state index in [1.165, 1.54) is 34.6 Å². The third-order valence-corrected chi connectivity index (χ3v) is 6.63. The molecule has 0 unspecified atom stereocenters. The third kappa shape index (κ3) is 4.65. The third-order valence-electron chi connectivity index (χ3n) is 4.72. The molecule has 0 aliphatic carbocycles. The van der Waals surface area contributed by atoms with Gasteiger partial charge >= 0.3 is 0 Å². The van der Waals surface area contributed by atoms with E-state index in [0.29, 0.717) is 24.4 Å². The number of carbonyl (C=O) groups excluding carboxylic acids is 1. The Bertz CT molecular complexity index is 1050. The maximum atomic E-state index is 12.8. The topological polar surface area (TPSA) is 90.7 Å². The lowest BCUT2D eigenvalue weighted by Gasteiger charge is -2.33. The maximum absolute atomic E-state index is 12.8. The van der Waals surface area contributed by atoms with Gasteiger partial charge < -0.3 is 9.64 Å². The van der Waals surface area contributed by atoms with Crippen LogP contribution in [0.2, 0.25) is 0 Å². The average molecular weight is 411 g/mol. The molecule has 1 fully saturated rings. The van der Waals surface area contributed by atoms with Crippen LogP contribution in [0.4, 0.5) is 0 Å². The molecule has 1 aliphatic heterocycles. The van der Waals surface area contributed by atoms with Crippen molar-refractivity contribution in [1.82, 2.24) is 9.21 Å². The molecule has 8 heteroatoms. The second-order valence-electron chi connectivity index (χ2n) is 6.44. The minimum atomic E-state index is -3.65. The molecule has 0 bridgehead atoms. The van der Waals surface area contributed by atoms with Crippen LogP contribution in [0.15, 0.2) is 59.5 Å².